The number of likely N-dealkylation sites (N-methyl/N-ethyl adjacent to an activating group) is 1. The molecule has 1 N–H and O–H groups in total. The number of hydrogen-bond acceptors (Lipinski definition) is 6. The minimum absolute atomic E-state index is 0.145. The first-order chi connectivity index (χ1) is 10.3. The van der Waals surface area contributed by atoms with Crippen molar-refractivity contribution in [2.45, 2.75) is 30.8 Å². The van der Waals surface area contributed by atoms with Gasteiger partial charge in [0.2, 0.25) is 11.7 Å². The molecule has 0 aliphatic carbocycles. The van der Waals surface area contributed by atoms with Gasteiger partial charge >= 0.3 is 0 Å². The Bertz CT molecular complexity index is 602. The summed E-state index contributed by atoms with van der Waals surface area (Å²) in [4.78, 5) is 5.67. The highest BCUT2D eigenvalue weighted by molar-refractivity contribution is 7.99. The van der Waals surface area contributed by atoms with Crippen molar-refractivity contribution in [1.82, 2.24) is 15.5 Å². The number of thioether (sulfide) groups is 1. The molecule has 0 bridgehead atoms. The quantitative estimate of drug-likeness (QED) is 0.916. The summed E-state index contributed by atoms with van der Waals surface area (Å²) in [6.45, 7) is 5.92. The van der Waals surface area contributed by atoms with E-state index < -0.39 is 0 Å². The second-order valence-electron chi connectivity index (χ2n) is 5.06. The summed E-state index contributed by atoms with van der Waals surface area (Å²) in [5.41, 5.74) is 0. The molecule has 2 atom stereocenters. The fraction of sp³-hybridized carbons (Fsp3) is 0.467. The maximum absolute atomic E-state index is 5.97. The Hall–Kier alpha value is -1.53. The van der Waals surface area contributed by atoms with Crippen LogP contribution in [0.1, 0.15) is 37.6 Å². The molecule has 2 unspecified atom stereocenters. The molecule has 0 spiro atoms. The number of rotatable bonds is 5. The molecule has 0 amide bonds. The Morgan fingerprint density at radius 2 is 2.29 bits per heavy atom. The predicted molar refractivity (Wildman–Crippen MR) is 81.8 cm³/mol. The van der Waals surface area contributed by atoms with Crippen LogP contribution in [0.3, 0.4) is 0 Å². The van der Waals surface area contributed by atoms with Crippen LogP contribution in [0.15, 0.2) is 33.7 Å². The number of hydrogen-bond donors (Lipinski definition) is 1. The summed E-state index contributed by atoms with van der Waals surface area (Å²) in [5.74, 6) is 3.20. The molecule has 6 heteroatoms. The van der Waals surface area contributed by atoms with Crippen molar-refractivity contribution < 1.29 is 9.26 Å². The number of para-hydroxylation sites is 1. The number of nitrogens with zero attached hydrogens (tertiary/aromatic N) is 2. The minimum atomic E-state index is -0.145. The Kier molecular flexibility index (Phi) is 4.45. The van der Waals surface area contributed by atoms with Crippen molar-refractivity contribution in [2.24, 2.45) is 0 Å². The molecular formula is C15H19N3O2S. The van der Waals surface area contributed by atoms with Gasteiger partial charge in [-0.25, -0.2) is 0 Å². The van der Waals surface area contributed by atoms with E-state index in [1.807, 2.05) is 18.2 Å². The predicted octanol–water partition coefficient (Wildman–Crippen LogP) is 3.01. The molecular weight excluding hydrogens is 286 g/mol. The van der Waals surface area contributed by atoms with Gasteiger partial charge < -0.3 is 14.6 Å². The first-order valence-corrected chi connectivity index (χ1v) is 8.19. The molecule has 1 aliphatic rings. The molecule has 2 aromatic rings. The van der Waals surface area contributed by atoms with Gasteiger partial charge in [-0.15, -0.1) is 11.8 Å². The Balaban J connectivity index is 1.70. The molecule has 5 nitrogen and oxygen atoms in total. The SMILES string of the molecule is CCNCC(C)c1nc(C2CSc3ccccc3O2)no1. The number of ether oxygens (including phenoxy) is 1. The number of fused-ring (bicyclic) bond motifs is 1. The van der Waals surface area contributed by atoms with Gasteiger partial charge in [-0.2, -0.15) is 4.98 Å². The van der Waals surface area contributed by atoms with E-state index in [2.05, 4.69) is 35.4 Å². The van der Waals surface area contributed by atoms with Crippen LogP contribution >= 0.6 is 11.8 Å². The van der Waals surface area contributed by atoms with Crippen molar-refractivity contribution in [2.75, 3.05) is 18.8 Å². The highest BCUT2D eigenvalue weighted by Gasteiger charge is 2.26. The summed E-state index contributed by atoms with van der Waals surface area (Å²) in [6.07, 6.45) is -0.145. The lowest BCUT2D eigenvalue weighted by Crippen LogP contribution is -2.20. The van der Waals surface area contributed by atoms with Gasteiger partial charge in [0.1, 0.15) is 5.75 Å². The van der Waals surface area contributed by atoms with E-state index in [0.717, 1.165) is 29.5 Å². The Morgan fingerprint density at radius 3 is 3.14 bits per heavy atom. The fourth-order valence-corrected chi connectivity index (χ4v) is 3.15. The minimum Gasteiger partial charge on any atom is -0.480 e. The molecule has 0 radical (unpaired) electrons. The van der Waals surface area contributed by atoms with Crippen LogP contribution in [-0.4, -0.2) is 29.0 Å². The third-order valence-corrected chi connectivity index (χ3v) is 4.49. The maximum Gasteiger partial charge on any atom is 0.230 e. The molecule has 0 saturated carbocycles. The molecule has 0 fully saturated rings. The maximum atomic E-state index is 5.97. The zero-order valence-corrected chi connectivity index (χ0v) is 13.0. The topological polar surface area (TPSA) is 60.2 Å². The van der Waals surface area contributed by atoms with Crippen LogP contribution in [0.4, 0.5) is 0 Å². The lowest BCUT2D eigenvalue weighted by atomic mass is 10.2. The van der Waals surface area contributed by atoms with Crippen LogP contribution in [-0.2, 0) is 0 Å². The smallest absolute Gasteiger partial charge is 0.230 e. The van der Waals surface area contributed by atoms with Crippen molar-refractivity contribution in [3.63, 3.8) is 0 Å². The summed E-state index contributed by atoms with van der Waals surface area (Å²) in [5, 5.41) is 7.37. The average molecular weight is 305 g/mol. The molecule has 0 saturated heterocycles. The highest BCUT2D eigenvalue weighted by Crippen LogP contribution is 2.39. The van der Waals surface area contributed by atoms with Crippen molar-refractivity contribution in [3.8, 4) is 5.75 Å². The van der Waals surface area contributed by atoms with Crippen LogP contribution in [0.25, 0.3) is 0 Å². The zero-order chi connectivity index (χ0) is 14.7. The van der Waals surface area contributed by atoms with E-state index in [-0.39, 0.29) is 12.0 Å². The van der Waals surface area contributed by atoms with E-state index in [1.54, 1.807) is 11.8 Å². The van der Waals surface area contributed by atoms with Crippen molar-refractivity contribution >= 4 is 11.8 Å². The first kappa shape index (κ1) is 14.4. The zero-order valence-electron chi connectivity index (χ0n) is 12.2. The third-order valence-electron chi connectivity index (χ3n) is 3.38. The van der Waals surface area contributed by atoms with E-state index in [1.165, 1.54) is 0 Å². The van der Waals surface area contributed by atoms with Gasteiger partial charge in [-0.3, -0.25) is 0 Å². The lowest BCUT2D eigenvalue weighted by Gasteiger charge is -2.22. The summed E-state index contributed by atoms with van der Waals surface area (Å²) in [7, 11) is 0. The molecule has 2 heterocycles. The van der Waals surface area contributed by atoms with Crippen LogP contribution in [0.2, 0.25) is 0 Å². The van der Waals surface area contributed by atoms with E-state index >= 15 is 0 Å². The fourth-order valence-electron chi connectivity index (χ4n) is 2.17. The molecule has 21 heavy (non-hydrogen) atoms. The van der Waals surface area contributed by atoms with Gasteiger partial charge in [-0.1, -0.05) is 31.1 Å². The Labute approximate surface area is 128 Å². The van der Waals surface area contributed by atoms with E-state index in [9.17, 15) is 0 Å². The standard InChI is InChI=1S/C15H19N3O2S/c1-3-16-8-10(2)15-17-14(18-20-15)12-9-21-13-7-5-4-6-11(13)19-12/h4-7,10,12,16H,3,8-9H2,1-2H3. The molecule has 1 aromatic carbocycles. The molecule has 1 aromatic heterocycles. The van der Waals surface area contributed by atoms with Crippen molar-refractivity contribution in [3.05, 3.63) is 36.0 Å². The van der Waals surface area contributed by atoms with Gasteiger partial charge in [0, 0.05) is 23.1 Å². The van der Waals surface area contributed by atoms with Gasteiger partial charge in [0.15, 0.2) is 6.10 Å². The monoisotopic (exact) mass is 305 g/mol. The van der Waals surface area contributed by atoms with E-state index in [4.69, 9.17) is 9.26 Å². The average Bonchev–Trinajstić information content (AvgIpc) is 3.02. The number of aromatic nitrogens is 2. The number of benzene rings is 1. The van der Waals surface area contributed by atoms with Crippen LogP contribution < -0.4 is 10.1 Å². The van der Waals surface area contributed by atoms with Gasteiger partial charge in [0.05, 0.1) is 0 Å². The summed E-state index contributed by atoms with van der Waals surface area (Å²) in [6, 6.07) is 8.03. The summed E-state index contributed by atoms with van der Waals surface area (Å²) >= 11 is 1.76. The van der Waals surface area contributed by atoms with E-state index in [0.29, 0.717) is 11.7 Å². The largest absolute Gasteiger partial charge is 0.480 e. The lowest BCUT2D eigenvalue weighted by molar-refractivity contribution is 0.205. The second-order valence-corrected chi connectivity index (χ2v) is 6.13. The Morgan fingerprint density at radius 1 is 1.43 bits per heavy atom. The van der Waals surface area contributed by atoms with Crippen LogP contribution in [0.5, 0.6) is 5.75 Å². The highest BCUT2D eigenvalue weighted by atomic mass is 32.2. The van der Waals surface area contributed by atoms with Crippen LogP contribution in [0, 0.1) is 0 Å². The molecule has 3 rings (SSSR count). The normalized spacial score (nSPS) is 18.9. The van der Waals surface area contributed by atoms with Crippen molar-refractivity contribution in [1.29, 1.82) is 0 Å². The second kappa shape index (κ2) is 6.49. The first-order valence-electron chi connectivity index (χ1n) is 7.20. The summed E-state index contributed by atoms with van der Waals surface area (Å²) < 4.78 is 11.3. The van der Waals surface area contributed by atoms with Gasteiger partial charge in [-0.05, 0) is 18.7 Å². The van der Waals surface area contributed by atoms with Gasteiger partial charge in [0.25, 0.3) is 0 Å². The third kappa shape index (κ3) is 3.22. The molecule has 1 aliphatic heterocycles. The number of nitrogens with one attached hydrogen (secondary N) is 1. The molecule has 112 valence electrons.